The Morgan fingerprint density at radius 2 is 1.85 bits per heavy atom. The van der Waals surface area contributed by atoms with Crippen LogP contribution in [0.5, 0.6) is 0 Å². The Bertz CT molecular complexity index is 806. The quantitative estimate of drug-likeness (QED) is 0.752. The number of aliphatic hydroxyl groups excluding tert-OH is 2. The number of carbonyl (C=O) groups excluding carboxylic acids is 1. The van der Waals surface area contributed by atoms with Gasteiger partial charge in [-0.15, -0.1) is 0 Å². The molecule has 138 valence electrons. The number of halogens is 3. The second-order valence-electron chi connectivity index (χ2n) is 5.75. The maximum Gasteiger partial charge on any atom is 0.123 e. The second-order valence-corrected chi connectivity index (χ2v) is 6.59. The lowest BCUT2D eigenvalue weighted by molar-refractivity contribution is -0.307. The van der Waals surface area contributed by atoms with E-state index >= 15 is 0 Å². The van der Waals surface area contributed by atoms with Gasteiger partial charge >= 0.3 is 0 Å². The lowest BCUT2D eigenvalue weighted by Gasteiger charge is -2.14. The molecule has 0 heterocycles. The standard InChI is InChI=1S/C19H17Cl2FO4/c20-12-7-17(11-1-3-13(22)4-2-11)16(18(21)8-12)6-5-14(23)9-15(24)10-19(25)26/h1-8,14-15,23-24H,9-10H2,(H,25,26)/p-1/b6-5+. The van der Waals surface area contributed by atoms with Gasteiger partial charge < -0.3 is 20.1 Å². The van der Waals surface area contributed by atoms with E-state index in [2.05, 4.69) is 0 Å². The molecule has 0 fully saturated rings. The molecule has 0 aliphatic rings. The van der Waals surface area contributed by atoms with Crippen molar-refractivity contribution in [1.82, 2.24) is 0 Å². The largest absolute Gasteiger partial charge is 0.550 e. The Balaban J connectivity index is 2.28. The van der Waals surface area contributed by atoms with Crippen LogP contribution in [0.2, 0.25) is 10.0 Å². The topological polar surface area (TPSA) is 80.6 Å². The van der Waals surface area contributed by atoms with Crippen LogP contribution in [0.15, 0.2) is 42.5 Å². The van der Waals surface area contributed by atoms with E-state index in [-0.39, 0.29) is 12.2 Å². The van der Waals surface area contributed by atoms with Crippen molar-refractivity contribution in [1.29, 1.82) is 0 Å². The van der Waals surface area contributed by atoms with Crippen LogP contribution in [-0.2, 0) is 4.79 Å². The van der Waals surface area contributed by atoms with E-state index in [0.29, 0.717) is 26.7 Å². The predicted molar refractivity (Wildman–Crippen MR) is 97.1 cm³/mol. The molecule has 0 spiro atoms. The summed E-state index contributed by atoms with van der Waals surface area (Å²) in [4.78, 5) is 10.4. The highest BCUT2D eigenvalue weighted by molar-refractivity contribution is 6.36. The lowest BCUT2D eigenvalue weighted by Crippen LogP contribution is -2.29. The van der Waals surface area contributed by atoms with E-state index < -0.39 is 24.6 Å². The summed E-state index contributed by atoms with van der Waals surface area (Å²) in [6, 6.07) is 8.97. The number of hydrogen-bond acceptors (Lipinski definition) is 4. The van der Waals surface area contributed by atoms with Crippen molar-refractivity contribution < 1.29 is 24.5 Å². The van der Waals surface area contributed by atoms with Gasteiger partial charge in [-0.1, -0.05) is 47.5 Å². The molecule has 2 atom stereocenters. The Hall–Kier alpha value is -1.92. The Labute approximate surface area is 160 Å². The average Bonchev–Trinajstić information content (AvgIpc) is 2.53. The Morgan fingerprint density at radius 3 is 2.46 bits per heavy atom. The maximum atomic E-state index is 13.2. The summed E-state index contributed by atoms with van der Waals surface area (Å²) in [6.45, 7) is 0. The molecule has 0 amide bonds. The van der Waals surface area contributed by atoms with E-state index in [0.717, 1.165) is 0 Å². The van der Waals surface area contributed by atoms with Gasteiger partial charge in [0.2, 0.25) is 0 Å². The van der Waals surface area contributed by atoms with Crippen molar-refractivity contribution in [3.8, 4) is 11.1 Å². The molecule has 2 N–H and O–H groups in total. The first-order valence-corrected chi connectivity index (χ1v) is 8.51. The third-order valence-corrected chi connectivity index (χ3v) is 4.18. The van der Waals surface area contributed by atoms with Crippen molar-refractivity contribution in [2.24, 2.45) is 0 Å². The van der Waals surface area contributed by atoms with Gasteiger partial charge in [-0.2, -0.15) is 0 Å². The molecule has 26 heavy (non-hydrogen) atoms. The van der Waals surface area contributed by atoms with Gasteiger partial charge in [0.15, 0.2) is 0 Å². The summed E-state index contributed by atoms with van der Waals surface area (Å²) in [5.41, 5.74) is 1.87. The molecule has 0 aromatic heterocycles. The highest BCUT2D eigenvalue weighted by Gasteiger charge is 2.12. The van der Waals surface area contributed by atoms with E-state index in [9.17, 15) is 24.5 Å². The summed E-state index contributed by atoms with van der Waals surface area (Å²) >= 11 is 12.3. The molecule has 0 aliphatic heterocycles. The van der Waals surface area contributed by atoms with E-state index in [4.69, 9.17) is 23.2 Å². The fraction of sp³-hybridized carbons (Fsp3) is 0.211. The number of rotatable bonds is 7. The zero-order valence-corrected chi connectivity index (χ0v) is 15.0. The number of carboxylic acids is 1. The fourth-order valence-electron chi connectivity index (χ4n) is 2.46. The monoisotopic (exact) mass is 397 g/mol. The maximum absolute atomic E-state index is 13.2. The highest BCUT2D eigenvalue weighted by atomic mass is 35.5. The van der Waals surface area contributed by atoms with Crippen molar-refractivity contribution in [3.05, 3.63) is 63.9 Å². The first-order valence-electron chi connectivity index (χ1n) is 7.75. The van der Waals surface area contributed by atoms with E-state index in [1.165, 1.54) is 24.3 Å². The molecule has 2 unspecified atom stereocenters. The SMILES string of the molecule is O=C([O-])CC(O)CC(O)/C=C/c1c(Cl)cc(Cl)cc1-c1ccc(F)cc1. The van der Waals surface area contributed by atoms with Crippen LogP contribution in [-0.4, -0.2) is 28.4 Å². The number of benzene rings is 2. The number of carboxylic acid groups (broad SMARTS) is 1. The van der Waals surface area contributed by atoms with Crippen LogP contribution < -0.4 is 5.11 Å². The number of hydrogen-bond donors (Lipinski definition) is 2. The minimum Gasteiger partial charge on any atom is -0.550 e. The van der Waals surface area contributed by atoms with Crippen LogP contribution >= 0.6 is 23.2 Å². The molecule has 2 aromatic carbocycles. The van der Waals surface area contributed by atoms with Crippen molar-refractivity contribution in [2.75, 3.05) is 0 Å². The second kappa shape index (κ2) is 9.14. The van der Waals surface area contributed by atoms with Gasteiger partial charge in [-0.3, -0.25) is 0 Å². The number of aliphatic hydroxyl groups is 2. The first-order chi connectivity index (χ1) is 12.3. The molecule has 0 bridgehead atoms. The first kappa shape index (κ1) is 20.4. The lowest BCUT2D eigenvalue weighted by atomic mass is 9.98. The van der Waals surface area contributed by atoms with Crippen molar-refractivity contribution in [3.63, 3.8) is 0 Å². The van der Waals surface area contributed by atoms with Crippen molar-refractivity contribution >= 4 is 35.2 Å². The summed E-state index contributed by atoms with van der Waals surface area (Å²) < 4.78 is 13.2. The zero-order valence-electron chi connectivity index (χ0n) is 13.5. The van der Waals surface area contributed by atoms with Crippen LogP contribution in [0.4, 0.5) is 4.39 Å². The van der Waals surface area contributed by atoms with Crippen molar-refractivity contribution in [2.45, 2.75) is 25.0 Å². The average molecular weight is 398 g/mol. The minimum absolute atomic E-state index is 0.165. The minimum atomic E-state index is -1.40. The third kappa shape index (κ3) is 5.81. The van der Waals surface area contributed by atoms with Crippen LogP contribution in [0, 0.1) is 5.82 Å². The van der Waals surface area contributed by atoms with Gasteiger partial charge in [-0.25, -0.2) is 4.39 Å². The Morgan fingerprint density at radius 1 is 1.19 bits per heavy atom. The zero-order chi connectivity index (χ0) is 19.3. The van der Waals surface area contributed by atoms with E-state index in [1.54, 1.807) is 24.3 Å². The number of carbonyl (C=O) groups is 1. The molecular formula is C19H16Cl2FO4-. The summed E-state index contributed by atoms with van der Waals surface area (Å²) in [5, 5.41) is 30.7. The van der Waals surface area contributed by atoms with Gasteiger partial charge in [-0.05, 0) is 35.4 Å². The van der Waals surface area contributed by atoms with E-state index in [1.807, 2.05) is 0 Å². The number of aliphatic carboxylic acids is 1. The summed E-state index contributed by atoms with van der Waals surface area (Å²) in [7, 11) is 0. The van der Waals surface area contributed by atoms with Gasteiger partial charge in [0, 0.05) is 34.4 Å². The van der Waals surface area contributed by atoms with Crippen LogP contribution in [0.25, 0.3) is 17.2 Å². The smallest absolute Gasteiger partial charge is 0.123 e. The fourth-order valence-corrected chi connectivity index (χ4v) is 3.02. The molecule has 0 saturated carbocycles. The highest BCUT2D eigenvalue weighted by Crippen LogP contribution is 2.34. The molecule has 2 rings (SSSR count). The summed E-state index contributed by atoms with van der Waals surface area (Å²) in [5.74, 6) is -1.77. The Kier molecular flexibility index (Phi) is 7.17. The molecule has 0 radical (unpaired) electrons. The molecule has 0 aliphatic carbocycles. The van der Waals surface area contributed by atoms with Gasteiger partial charge in [0.1, 0.15) is 5.82 Å². The molecule has 4 nitrogen and oxygen atoms in total. The van der Waals surface area contributed by atoms with Gasteiger partial charge in [0.25, 0.3) is 0 Å². The molecule has 7 heteroatoms. The van der Waals surface area contributed by atoms with Gasteiger partial charge in [0.05, 0.1) is 12.2 Å². The molecular weight excluding hydrogens is 382 g/mol. The molecule has 2 aromatic rings. The summed E-state index contributed by atoms with van der Waals surface area (Å²) in [6.07, 6.45) is -0.0993. The third-order valence-electron chi connectivity index (χ3n) is 3.65. The predicted octanol–water partition coefficient (Wildman–Crippen LogP) is 3.06. The van der Waals surface area contributed by atoms with Crippen LogP contribution in [0.1, 0.15) is 18.4 Å². The molecule has 0 saturated heterocycles. The van der Waals surface area contributed by atoms with Crippen LogP contribution in [0.3, 0.4) is 0 Å². The normalized spacial score (nSPS) is 13.7.